The number of aryl methyl sites for hydroxylation is 1. The van der Waals surface area contributed by atoms with Crippen molar-refractivity contribution in [1.29, 1.82) is 0 Å². The summed E-state index contributed by atoms with van der Waals surface area (Å²) in [6, 6.07) is 1.19. The molecule has 0 aliphatic carbocycles. The van der Waals surface area contributed by atoms with Crippen LogP contribution in [0.1, 0.15) is 31.0 Å². The number of rotatable bonds is 6. The smallest absolute Gasteiger partial charge is 0.422 e. The summed E-state index contributed by atoms with van der Waals surface area (Å²) in [5.41, 5.74) is 0.804. The summed E-state index contributed by atoms with van der Waals surface area (Å²) in [5.74, 6) is -1.77. The Morgan fingerprint density at radius 3 is 2.64 bits per heavy atom. The van der Waals surface area contributed by atoms with E-state index in [4.69, 9.17) is 5.11 Å². The fourth-order valence-corrected chi connectivity index (χ4v) is 2.52. The van der Waals surface area contributed by atoms with E-state index in [1.165, 1.54) is 25.4 Å². The maximum atomic E-state index is 12.3. The molecule has 8 nitrogen and oxygen atoms in total. The average molecular weight is 400 g/mol. The van der Waals surface area contributed by atoms with E-state index in [1.54, 1.807) is 24.8 Å². The van der Waals surface area contributed by atoms with E-state index in [-0.39, 0.29) is 11.6 Å². The molecule has 1 aliphatic heterocycles. The lowest BCUT2D eigenvalue weighted by atomic mass is 10.1. The van der Waals surface area contributed by atoms with E-state index in [0.717, 1.165) is 0 Å². The molecule has 2 N–H and O–H groups in total. The molecule has 1 aromatic rings. The average Bonchev–Trinajstić information content (AvgIpc) is 2.58. The highest BCUT2D eigenvalue weighted by Crippen LogP contribution is 2.28. The fourth-order valence-electron chi connectivity index (χ4n) is 2.52. The van der Waals surface area contributed by atoms with Gasteiger partial charge in [0.1, 0.15) is 5.71 Å². The third-order valence-electron chi connectivity index (χ3n) is 3.85. The summed E-state index contributed by atoms with van der Waals surface area (Å²) in [6.07, 6.45) is -1.29. The Hall–Kier alpha value is -3.11. The van der Waals surface area contributed by atoms with E-state index in [0.29, 0.717) is 11.1 Å². The maximum absolute atomic E-state index is 12.3. The molecule has 0 fully saturated rings. The van der Waals surface area contributed by atoms with Crippen LogP contribution in [0.3, 0.4) is 0 Å². The number of ether oxygens (including phenoxy) is 1. The molecule has 0 aromatic carbocycles. The molecule has 0 saturated heterocycles. The zero-order valence-corrected chi connectivity index (χ0v) is 15.3. The first kappa shape index (κ1) is 21.2. The molecule has 2 atom stereocenters. The van der Waals surface area contributed by atoms with Gasteiger partial charge < -0.3 is 20.1 Å². The molecule has 0 radical (unpaired) electrons. The van der Waals surface area contributed by atoms with Gasteiger partial charge in [-0.15, -0.1) is 0 Å². The second-order valence-corrected chi connectivity index (χ2v) is 6.13. The number of carbonyl (C=O) groups excluding carboxylic acids is 1. The lowest BCUT2D eigenvalue weighted by Gasteiger charge is -2.35. The number of nitrogens with zero attached hydrogens (tertiary/aromatic N) is 3. The highest BCUT2D eigenvalue weighted by atomic mass is 19.4. The van der Waals surface area contributed by atoms with Crippen molar-refractivity contribution in [3.63, 3.8) is 0 Å². The van der Waals surface area contributed by atoms with Gasteiger partial charge in [0.2, 0.25) is 11.8 Å². The Kier molecular flexibility index (Phi) is 6.26. The first-order valence-corrected chi connectivity index (χ1v) is 8.18. The summed E-state index contributed by atoms with van der Waals surface area (Å²) in [4.78, 5) is 32.1. The molecule has 0 saturated carbocycles. The van der Waals surface area contributed by atoms with Crippen LogP contribution in [0.25, 0.3) is 0 Å². The number of amides is 1. The van der Waals surface area contributed by atoms with Gasteiger partial charge in [-0.25, -0.2) is 14.8 Å². The van der Waals surface area contributed by atoms with Crippen molar-refractivity contribution in [2.24, 2.45) is 4.99 Å². The van der Waals surface area contributed by atoms with Crippen LogP contribution in [-0.4, -0.2) is 51.7 Å². The minimum absolute atomic E-state index is 0.132. The highest BCUT2D eigenvalue weighted by molar-refractivity contribution is 6.40. The first-order valence-electron chi connectivity index (χ1n) is 8.18. The summed E-state index contributed by atoms with van der Waals surface area (Å²) >= 11 is 0. The number of carboxylic acids is 1. The van der Waals surface area contributed by atoms with Gasteiger partial charge in [-0.05, 0) is 31.6 Å². The number of aromatic nitrogens is 1. The van der Waals surface area contributed by atoms with E-state index in [1.807, 2.05) is 0 Å². The van der Waals surface area contributed by atoms with E-state index in [9.17, 15) is 22.8 Å². The van der Waals surface area contributed by atoms with Crippen molar-refractivity contribution in [1.82, 2.24) is 15.2 Å². The Morgan fingerprint density at radius 2 is 2.11 bits per heavy atom. The van der Waals surface area contributed by atoms with Gasteiger partial charge in [-0.1, -0.05) is 0 Å². The normalized spacial score (nSPS) is 17.7. The SMILES string of the molecule is CC(=O)NC1N=C(C(=O)O)C=CN1C(C)c1cnc(OCC(F)(F)F)c(C)c1. The third kappa shape index (κ3) is 5.44. The van der Waals surface area contributed by atoms with Crippen molar-refractivity contribution in [2.75, 3.05) is 6.61 Å². The van der Waals surface area contributed by atoms with Crippen LogP contribution in [0.4, 0.5) is 13.2 Å². The Morgan fingerprint density at radius 1 is 1.43 bits per heavy atom. The molecule has 28 heavy (non-hydrogen) atoms. The minimum Gasteiger partial charge on any atom is -0.477 e. The van der Waals surface area contributed by atoms with Crippen LogP contribution in [0, 0.1) is 6.92 Å². The predicted octanol–water partition coefficient (Wildman–Crippen LogP) is 2.17. The van der Waals surface area contributed by atoms with E-state index >= 15 is 0 Å². The molecular weight excluding hydrogens is 381 g/mol. The van der Waals surface area contributed by atoms with Crippen molar-refractivity contribution in [3.05, 3.63) is 35.7 Å². The topological polar surface area (TPSA) is 104 Å². The van der Waals surface area contributed by atoms with Crippen LogP contribution in [0.15, 0.2) is 29.5 Å². The summed E-state index contributed by atoms with van der Waals surface area (Å²) in [6.45, 7) is 3.15. The minimum atomic E-state index is -4.47. The number of carbonyl (C=O) groups is 2. The molecule has 2 rings (SSSR count). The second-order valence-electron chi connectivity index (χ2n) is 6.13. The van der Waals surface area contributed by atoms with Gasteiger partial charge in [0.25, 0.3) is 0 Å². The number of pyridine rings is 1. The molecule has 0 bridgehead atoms. The van der Waals surface area contributed by atoms with Crippen molar-refractivity contribution < 1.29 is 32.6 Å². The fraction of sp³-hybridized carbons (Fsp3) is 0.412. The highest BCUT2D eigenvalue weighted by Gasteiger charge is 2.30. The third-order valence-corrected chi connectivity index (χ3v) is 3.85. The number of carboxylic acid groups (broad SMARTS) is 1. The van der Waals surface area contributed by atoms with E-state index in [2.05, 4.69) is 20.0 Å². The molecule has 11 heteroatoms. The molecule has 0 spiro atoms. The predicted molar refractivity (Wildman–Crippen MR) is 92.6 cm³/mol. The maximum Gasteiger partial charge on any atom is 0.422 e. The lowest BCUT2D eigenvalue weighted by molar-refractivity contribution is -0.154. The van der Waals surface area contributed by atoms with Gasteiger partial charge in [0.15, 0.2) is 12.9 Å². The van der Waals surface area contributed by atoms with Crippen molar-refractivity contribution in [3.8, 4) is 5.88 Å². The summed E-state index contributed by atoms with van der Waals surface area (Å²) in [7, 11) is 0. The molecule has 152 valence electrons. The number of aliphatic carboxylic acids is 1. The number of hydrogen-bond acceptors (Lipinski definition) is 6. The summed E-state index contributed by atoms with van der Waals surface area (Å²) < 4.78 is 41.6. The quantitative estimate of drug-likeness (QED) is 0.759. The number of alkyl halides is 3. The monoisotopic (exact) mass is 400 g/mol. The van der Waals surface area contributed by atoms with Gasteiger partial charge in [0.05, 0.1) is 6.04 Å². The van der Waals surface area contributed by atoms with Gasteiger partial charge in [-0.3, -0.25) is 4.79 Å². The Bertz CT molecular complexity index is 823. The van der Waals surface area contributed by atoms with Crippen LogP contribution in [0.2, 0.25) is 0 Å². The second kappa shape index (κ2) is 8.28. The largest absolute Gasteiger partial charge is 0.477 e. The van der Waals surface area contributed by atoms with Crippen LogP contribution in [0.5, 0.6) is 5.88 Å². The first-order chi connectivity index (χ1) is 13.0. The zero-order chi connectivity index (χ0) is 21.1. The molecular formula is C17H19F3N4O4. The van der Waals surface area contributed by atoms with Gasteiger partial charge >= 0.3 is 12.1 Å². The lowest BCUT2D eigenvalue weighted by Crippen LogP contribution is -2.47. The van der Waals surface area contributed by atoms with Gasteiger partial charge in [-0.2, -0.15) is 13.2 Å². The Labute approximate surface area is 158 Å². The van der Waals surface area contributed by atoms with E-state index < -0.39 is 37.0 Å². The Balaban J connectivity index is 2.22. The number of aliphatic imine (C=N–C) groups is 1. The standard InChI is InChI=1S/C17H19F3N4O4/c1-9-6-12(7-21-14(9)28-8-17(18,19)20)10(2)24-5-4-13(15(26)27)23-16(24)22-11(3)25/h4-7,10,16H,8H2,1-3H3,(H,22,25)(H,26,27). The molecule has 1 aliphatic rings. The molecule has 2 heterocycles. The summed E-state index contributed by atoms with van der Waals surface area (Å²) in [5, 5.41) is 11.6. The number of halogens is 3. The van der Waals surface area contributed by atoms with Crippen LogP contribution >= 0.6 is 0 Å². The number of hydrogen-bond donors (Lipinski definition) is 2. The van der Waals surface area contributed by atoms with Crippen LogP contribution < -0.4 is 10.1 Å². The molecule has 1 amide bonds. The molecule has 1 aromatic heterocycles. The zero-order valence-electron chi connectivity index (χ0n) is 15.3. The van der Waals surface area contributed by atoms with Crippen molar-refractivity contribution in [2.45, 2.75) is 39.3 Å². The van der Waals surface area contributed by atoms with Crippen LogP contribution in [-0.2, 0) is 9.59 Å². The van der Waals surface area contributed by atoms with Gasteiger partial charge in [0, 0.05) is 24.9 Å². The van der Waals surface area contributed by atoms with Crippen molar-refractivity contribution >= 4 is 17.6 Å². The number of nitrogens with one attached hydrogen (secondary N) is 1. The molecule has 2 unspecified atom stereocenters.